The molecule has 3 atom stereocenters. The van der Waals surface area contributed by atoms with Crippen LogP contribution in [0.15, 0.2) is 37.9 Å². The van der Waals surface area contributed by atoms with Crippen molar-refractivity contribution in [1.29, 1.82) is 0 Å². The SMILES string of the molecule is Cc1oc(=O)oc1COC(=O)C[C@H](CF)C1CCC(C(=O)N2CC[C@@H](C3CCCCC3)[C@H]2C(=O)Cc2ccc3c(c2)cc2n3C3(CCC3)OC2=O)CC1. The average molecular weight is 733 g/mol. The van der Waals surface area contributed by atoms with Gasteiger partial charge in [0.1, 0.15) is 5.69 Å². The normalized spacial score (nSPS) is 26.0. The lowest BCUT2D eigenvalue weighted by Gasteiger charge is -2.38. The molecule has 3 aromatic rings. The molecule has 0 bridgehead atoms. The van der Waals surface area contributed by atoms with Gasteiger partial charge in [0, 0.05) is 43.0 Å². The lowest BCUT2D eigenvalue weighted by atomic mass is 9.74. The molecular formula is C41H49FN2O9. The molecule has 2 aliphatic heterocycles. The fourth-order valence-corrected chi connectivity index (χ4v) is 10.2. The Bertz CT molecular complexity index is 1940. The van der Waals surface area contributed by atoms with Gasteiger partial charge in [0.05, 0.1) is 24.7 Å². The lowest BCUT2D eigenvalue weighted by Crippen LogP contribution is -2.48. The van der Waals surface area contributed by atoms with Gasteiger partial charge in [0.25, 0.3) is 0 Å². The molecule has 4 heterocycles. The number of fused-ring (bicyclic) bond motifs is 4. The Balaban J connectivity index is 0.927. The second-order valence-corrected chi connectivity index (χ2v) is 16.2. The number of esters is 2. The fourth-order valence-electron chi connectivity index (χ4n) is 10.2. The Kier molecular flexibility index (Phi) is 9.82. The van der Waals surface area contributed by atoms with Crippen LogP contribution in [-0.4, -0.2) is 52.4 Å². The lowest BCUT2D eigenvalue weighted by molar-refractivity contribution is -0.148. The smallest absolute Gasteiger partial charge is 0.457 e. The van der Waals surface area contributed by atoms with E-state index in [9.17, 15) is 28.4 Å². The number of amides is 1. The third-order valence-corrected chi connectivity index (χ3v) is 13.2. The zero-order chi connectivity index (χ0) is 36.9. The third-order valence-electron chi connectivity index (χ3n) is 13.2. The largest absolute Gasteiger partial charge is 0.519 e. The standard InChI is InChI=1S/C41H49FN2O9/c1-24-35(52-40(49)51-24)23-50-36(46)21-30(22-42)26-9-11-28(12-10-26)38(47)43-17-14-31(27-6-3-2-4-7-27)37(43)34(45)19-25-8-13-32-29(18-25)20-33-39(48)53-41(44(32)33)15-5-16-41/h8,13,18,20,26-28,30-31,37H,2-7,9-12,14-17,19,21-23H2,1H3/t26?,28?,30-,31+,37+/m1/s1. The van der Waals surface area contributed by atoms with Crippen LogP contribution in [0.1, 0.15) is 117 Å². The van der Waals surface area contributed by atoms with Gasteiger partial charge in [0.2, 0.25) is 5.91 Å². The summed E-state index contributed by atoms with van der Waals surface area (Å²) in [6.45, 7) is 1.18. The van der Waals surface area contributed by atoms with Crippen molar-refractivity contribution in [3.05, 3.63) is 57.7 Å². The number of ketones is 1. The highest BCUT2D eigenvalue weighted by Crippen LogP contribution is 2.48. The molecule has 0 radical (unpaired) electrons. The maximum absolute atomic E-state index is 14.4. The molecule has 3 aliphatic carbocycles. The Hall–Kier alpha value is -4.22. The first kappa shape index (κ1) is 35.8. The van der Waals surface area contributed by atoms with Gasteiger partial charge in [-0.3, -0.25) is 23.3 Å². The number of carbonyl (C=O) groups is 4. The van der Waals surface area contributed by atoms with E-state index in [4.69, 9.17) is 18.3 Å². The molecule has 1 spiro atoms. The molecule has 1 saturated heterocycles. The molecule has 2 aromatic heterocycles. The molecule has 5 aliphatic rings. The monoisotopic (exact) mass is 732 g/mol. The van der Waals surface area contributed by atoms with Crippen LogP contribution < -0.4 is 5.82 Å². The van der Waals surface area contributed by atoms with Gasteiger partial charge in [-0.05, 0) is 87.0 Å². The second-order valence-electron chi connectivity index (χ2n) is 16.2. The summed E-state index contributed by atoms with van der Waals surface area (Å²) in [6.07, 6.45) is 11.7. The van der Waals surface area contributed by atoms with Crippen LogP contribution in [0.25, 0.3) is 10.9 Å². The van der Waals surface area contributed by atoms with E-state index in [0.717, 1.165) is 67.8 Å². The highest BCUT2D eigenvalue weighted by Gasteiger charge is 2.51. The summed E-state index contributed by atoms with van der Waals surface area (Å²) >= 11 is 0. The van der Waals surface area contributed by atoms with E-state index >= 15 is 0 Å². The summed E-state index contributed by atoms with van der Waals surface area (Å²) in [6, 6.07) is 7.41. The Morgan fingerprint density at radius 1 is 0.962 bits per heavy atom. The van der Waals surface area contributed by atoms with Crippen molar-refractivity contribution in [2.24, 2.45) is 29.6 Å². The molecule has 4 fully saturated rings. The third kappa shape index (κ3) is 6.75. The molecule has 1 amide bonds. The Morgan fingerprint density at radius 3 is 2.42 bits per heavy atom. The van der Waals surface area contributed by atoms with Crippen molar-refractivity contribution in [2.75, 3.05) is 13.2 Å². The van der Waals surface area contributed by atoms with Crippen LogP contribution in [0.2, 0.25) is 0 Å². The number of Topliss-reactive ketones (excluding diaryl/α,β-unsaturated/α-hetero) is 1. The van der Waals surface area contributed by atoms with Crippen LogP contribution in [0.3, 0.4) is 0 Å². The summed E-state index contributed by atoms with van der Waals surface area (Å²) in [5.41, 5.74) is 1.83. The van der Waals surface area contributed by atoms with Crippen LogP contribution in [0.4, 0.5) is 4.39 Å². The van der Waals surface area contributed by atoms with Gasteiger partial charge in [-0.25, -0.2) is 9.59 Å². The zero-order valence-corrected chi connectivity index (χ0v) is 30.4. The number of likely N-dealkylation sites (tertiary alicyclic amines) is 1. The highest BCUT2D eigenvalue weighted by molar-refractivity contribution is 5.99. The van der Waals surface area contributed by atoms with Crippen molar-refractivity contribution >= 4 is 34.5 Å². The van der Waals surface area contributed by atoms with Gasteiger partial charge in [-0.2, -0.15) is 0 Å². The summed E-state index contributed by atoms with van der Waals surface area (Å²) in [5, 5.41) is 0.925. The number of carbonyl (C=O) groups excluding carboxylic acids is 4. The number of aromatic nitrogens is 1. The quantitative estimate of drug-likeness (QED) is 0.192. The first-order valence-electron chi connectivity index (χ1n) is 19.7. The Morgan fingerprint density at radius 2 is 1.74 bits per heavy atom. The molecule has 1 aromatic carbocycles. The molecule has 284 valence electrons. The van der Waals surface area contributed by atoms with Crippen LogP contribution in [-0.2, 0) is 42.6 Å². The highest BCUT2D eigenvalue weighted by atomic mass is 19.1. The molecular weight excluding hydrogens is 683 g/mol. The minimum atomic E-state index is -0.870. The molecule has 53 heavy (non-hydrogen) atoms. The number of benzene rings is 1. The predicted octanol–water partition coefficient (Wildman–Crippen LogP) is 6.94. The molecule has 8 rings (SSSR count). The van der Waals surface area contributed by atoms with Crippen LogP contribution in [0.5, 0.6) is 0 Å². The van der Waals surface area contributed by atoms with Gasteiger partial charge in [-0.15, -0.1) is 0 Å². The van der Waals surface area contributed by atoms with E-state index in [-0.39, 0.29) is 66.4 Å². The molecule has 0 unspecified atom stereocenters. The minimum Gasteiger partial charge on any atom is -0.457 e. The number of alkyl halides is 1. The fraction of sp³-hybridized carbons (Fsp3) is 0.634. The number of hydrogen-bond donors (Lipinski definition) is 0. The zero-order valence-electron chi connectivity index (χ0n) is 30.4. The average Bonchev–Trinajstić information content (AvgIpc) is 3.91. The van der Waals surface area contributed by atoms with E-state index in [2.05, 4.69) is 0 Å². The van der Waals surface area contributed by atoms with Crippen molar-refractivity contribution in [2.45, 2.75) is 122 Å². The predicted molar refractivity (Wildman–Crippen MR) is 189 cm³/mol. The van der Waals surface area contributed by atoms with Gasteiger partial charge < -0.3 is 23.2 Å². The van der Waals surface area contributed by atoms with Crippen molar-refractivity contribution in [3.8, 4) is 0 Å². The maximum atomic E-state index is 14.4. The second kappa shape index (κ2) is 14.5. The summed E-state index contributed by atoms with van der Waals surface area (Å²) < 4.78 is 37.0. The molecule has 12 heteroatoms. The molecule has 11 nitrogen and oxygen atoms in total. The minimum absolute atomic E-state index is 0.0249. The van der Waals surface area contributed by atoms with Gasteiger partial charge in [0.15, 0.2) is 29.6 Å². The first-order chi connectivity index (χ1) is 25.6. The van der Waals surface area contributed by atoms with Crippen LogP contribution >= 0.6 is 0 Å². The number of halogens is 1. The van der Waals surface area contributed by atoms with E-state index in [0.29, 0.717) is 43.8 Å². The number of ether oxygens (including phenoxy) is 2. The number of nitrogens with zero attached hydrogens (tertiary/aromatic N) is 2. The maximum Gasteiger partial charge on any atom is 0.519 e. The molecule has 0 N–H and O–H groups in total. The van der Waals surface area contributed by atoms with E-state index in [1.807, 2.05) is 33.7 Å². The van der Waals surface area contributed by atoms with Gasteiger partial charge >= 0.3 is 17.8 Å². The van der Waals surface area contributed by atoms with Gasteiger partial charge in [-0.1, -0.05) is 38.2 Å². The Labute approximate surface area is 307 Å². The van der Waals surface area contributed by atoms with E-state index < -0.39 is 36.2 Å². The van der Waals surface area contributed by atoms with Crippen LogP contribution in [0, 0.1) is 36.5 Å². The summed E-state index contributed by atoms with van der Waals surface area (Å²) in [7, 11) is 0. The van der Waals surface area contributed by atoms with Crippen molar-refractivity contribution in [3.63, 3.8) is 0 Å². The van der Waals surface area contributed by atoms with Crippen molar-refractivity contribution < 1.29 is 41.9 Å². The topological polar surface area (TPSA) is 138 Å². The van der Waals surface area contributed by atoms with E-state index in [1.165, 1.54) is 13.3 Å². The summed E-state index contributed by atoms with van der Waals surface area (Å²) in [5.74, 6) is -1.56. The van der Waals surface area contributed by atoms with E-state index in [1.54, 1.807) is 0 Å². The molecule has 3 saturated carbocycles. The van der Waals surface area contributed by atoms with Crippen molar-refractivity contribution in [1.82, 2.24) is 9.47 Å². The number of rotatable bonds is 11. The number of aryl methyl sites for hydroxylation is 1. The summed E-state index contributed by atoms with van der Waals surface area (Å²) in [4.78, 5) is 67.1. The number of hydrogen-bond acceptors (Lipinski definition) is 9. The first-order valence-corrected chi connectivity index (χ1v) is 19.7.